The molecule has 1 saturated heterocycles. The minimum Gasteiger partial charge on any atom is -0.486 e. The minimum absolute atomic E-state index is 0.0152. The first kappa shape index (κ1) is 23.3. The van der Waals surface area contributed by atoms with Crippen molar-refractivity contribution in [3.63, 3.8) is 0 Å². The van der Waals surface area contributed by atoms with Gasteiger partial charge in [-0.2, -0.15) is 0 Å². The van der Waals surface area contributed by atoms with Gasteiger partial charge in [0.25, 0.3) is 5.91 Å². The van der Waals surface area contributed by atoms with Crippen LogP contribution in [0.5, 0.6) is 11.5 Å². The highest BCUT2D eigenvalue weighted by atomic mass is 32.2. The second-order valence-corrected chi connectivity index (χ2v) is 9.45. The molecule has 0 aliphatic carbocycles. The van der Waals surface area contributed by atoms with Crippen LogP contribution in [-0.4, -0.2) is 64.1 Å². The van der Waals surface area contributed by atoms with E-state index in [1.54, 1.807) is 17.9 Å². The Bertz CT molecular complexity index is 880. The number of hydrogen-bond donors (Lipinski definition) is 1. The third-order valence-corrected chi connectivity index (χ3v) is 6.71. The number of nitrogens with one attached hydrogen (secondary N) is 1. The minimum atomic E-state index is -3.74. The number of carbonyl (C=O) groups excluding carboxylic acids is 2. The van der Waals surface area contributed by atoms with E-state index >= 15 is 0 Å². The van der Waals surface area contributed by atoms with E-state index in [1.165, 1.54) is 12.1 Å². The second kappa shape index (κ2) is 10.8. The van der Waals surface area contributed by atoms with Gasteiger partial charge in [-0.1, -0.05) is 12.8 Å². The molecule has 3 rings (SSSR count). The number of amides is 1. The van der Waals surface area contributed by atoms with E-state index in [2.05, 4.69) is 4.72 Å². The average molecular weight is 455 g/mol. The van der Waals surface area contributed by atoms with Gasteiger partial charge in [0.15, 0.2) is 17.6 Å². The van der Waals surface area contributed by atoms with E-state index in [0.29, 0.717) is 37.8 Å². The maximum absolute atomic E-state index is 12.5. The van der Waals surface area contributed by atoms with Crippen LogP contribution >= 0.6 is 0 Å². The molecule has 0 spiro atoms. The molecule has 0 saturated carbocycles. The van der Waals surface area contributed by atoms with Crippen molar-refractivity contribution in [1.82, 2.24) is 9.62 Å². The summed E-state index contributed by atoms with van der Waals surface area (Å²) in [6.07, 6.45) is 3.60. The number of benzene rings is 1. The largest absolute Gasteiger partial charge is 0.486 e. The van der Waals surface area contributed by atoms with Gasteiger partial charge in [0, 0.05) is 32.1 Å². The predicted molar refractivity (Wildman–Crippen MR) is 112 cm³/mol. The highest BCUT2D eigenvalue weighted by molar-refractivity contribution is 7.89. The van der Waals surface area contributed by atoms with Gasteiger partial charge in [-0.25, -0.2) is 13.1 Å². The summed E-state index contributed by atoms with van der Waals surface area (Å²) in [5, 5.41) is 0. The SMILES string of the molecule is CC(OC(=O)CCCNS(=O)(=O)c1ccc2c(c1)OCCO2)C(=O)N1CCCCCC1. The van der Waals surface area contributed by atoms with Crippen LogP contribution in [-0.2, 0) is 24.3 Å². The predicted octanol–water partition coefficient (Wildman–Crippen LogP) is 1.85. The molecule has 2 heterocycles. The summed E-state index contributed by atoms with van der Waals surface area (Å²) < 4.78 is 43.4. The Morgan fingerprint density at radius 1 is 1.10 bits per heavy atom. The number of ether oxygens (including phenoxy) is 3. The fraction of sp³-hybridized carbons (Fsp3) is 0.619. The zero-order chi connectivity index (χ0) is 22.3. The van der Waals surface area contributed by atoms with E-state index in [-0.39, 0.29) is 30.2 Å². The summed E-state index contributed by atoms with van der Waals surface area (Å²) in [5.41, 5.74) is 0. The van der Waals surface area contributed by atoms with Crippen LogP contribution < -0.4 is 14.2 Å². The summed E-state index contributed by atoms with van der Waals surface area (Å²) in [7, 11) is -3.74. The first-order valence-electron chi connectivity index (χ1n) is 10.7. The lowest BCUT2D eigenvalue weighted by atomic mass is 10.2. The van der Waals surface area contributed by atoms with Gasteiger partial charge >= 0.3 is 5.97 Å². The van der Waals surface area contributed by atoms with E-state index < -0.39 is 22.1 Å². The maximum atomic E-state index is 12.5. The molecule has 1 N–H and O–H groups in total. The van der Waals surface area contributed by atoms with Crippen molar-refractivity contribution in [3.8, 4) is 11.5 Å². The van der Waals surface area contributed by atoms with Crippen molar-refractivity contribution in [2.45, 2.75) is 56.4 Å². The first-order valence-corrected chi connectivity index (χ1v) is 12.2. The zero-order valence-corrected chi connectivity index (χ0v) is 18.6. The van der Waals surface area contributed by atoms with E-state index in [1.807, 2.05) is 0 Å². The smallest absolute Gasteiger partial charge is 0.306 e. The van der Waals surface area contributed by atoms with Crippen LogP contribution in [0.3, 0.4) is 0 Å². The number of rotatable bonds is 8. The maximum Gasteiger partial charge on any atom is 0.306 e. The topological polar surface area (TPSA) is 111 Å². The van der Waals surface area contributed by atoms with E-state index in [4.69, 9.17) is 14.2 Å². The molecule has 1 aromatic rings. The molecule has 9 nitrogen and oxygen atoms in total. The molecule has 1 fully saturated rings. The molecular formula is C21H30N2O7S. The second-order valence-electron chi connectivity index (χ2n) is 7.68. The van der Waals surface area contributed by atoms with Gasteiger partial charge < -0.3 is 19.1 Å². The third kappa shape index (κ3) is 6.57. The Labute approximate surface area is 183 Å². The highest BCUT2D eigenvalue weighted by Crippen LogP contribution is 2.32. The van der Waals surface area contributed by atoms with Crippen LogP contribution in [0, 0.1) is 0 Å². The first-order chi connectivity index (χ1) is 14.9. The molecule has 2 aliphatic rings. The van der Waals surface area contributed by atoms with Crippen LogP contribution in [0.15, 0.2) is 23.1 Å². The molecule has 1 unspecified atom stereocenters. The zero-order valence-electron chi connectivity index (χ0n) is 17.8. The Morgan fingerprint density at radius 3 is 2.48 bits per heavy atom. The average Bonchev–Trinajstić information content (AvgIpc) is 3.05. The van der Waals surface area contributed by atoms with Crippen LogP contribution in [0.25, 0.3) is 0 Å². The lowest BCUT2D eigenvalue weighted by Gasteiger charge is -2.24. The Kier molecular flexibility index (Phi) is 8.14. The molecule has 172 valence electrons. The van der Waals surface area contributed by atoms with E-state index in [0.717, 1.165) is 25.7 Å². The Morgan fingerprint density at radius 2 is 1.77 bits per heavy atom. The van der Waals surface area contributed by atoms with Gasteiger partial charge in [0.1, 0.15) is 13.2 Å². The number of nitrogens with zero attached hydrogens (tertiary/aromatic N) is 1. The number of carbonyl (C=O) groups is 2. The van der Waals surface area contributed by atoms with Crippen molar-refractivity contribution < 1.29 is 32.2 Å². The van der Waals surface area contributed by atoms with Crippen molar-refractivity contribution >= 4 is 21.9 Å². The number of hydrogen-bond acceptors (Lipinski definition) is 7. The normalized spacial score (nSPS) is 17.5. The molecule has 0 radical (unpaired) electrons. The summed E-state index contributed by atoms with van der Waals surface area (Å²) in [6, 6.07) is 4.42. The lowest BCUT2D eigenvalue weighted by molar-refractivity contribution is -0.159. The van der Waals surface area contributed by atoms with Crippen LogP contribution in [0.1, 0.15) is 45.4 Å². The number of likely N-dealkylation sites (tertiary alicyclic amines) is 1. The Balaban J connectivity index is 1.41. The molecule has 2 aliphatic heterocycles. The third-order valence-electron chi connectivity index (χ3n) is 5.25. The van der Waals surface area contributed by atoms with E-state index in [9.17, 15) is 18.0 Å². The highest BCUT2D eigenvalue weighted by Gasteiger charge is 2.24. The van der Waals surface area contributed by atoms with Crippen LogP contribution in [0.4, 0.5) is 0 Å². The molecule has 1 aromatic carbocycles. The quantitative estimate of drug-likeness (QED) is 0.471. The van der Waals surface area contributed by atoms with Crippen molar-refractivity contribution in [2.75, 3.05) is 32.8 Å². The summed E-state index contributed by atoms with van der Waals surface area (Å²) in [6.45, 7) is 3.83. The lowest BCUT2D eigenvalue weighted by Crippen LogP contribution is -2.40. The number of fused-ring (bicyclic) bond motifs is 1. The summed E-state index contributed by atoms with van der Waals surface area (Å²) in [5.74, 6) is 0.210. The van der Waals surface area contributed by atoms with Gasteiger partial charge in [-0.3, -0.25) is 9.59 Å². The fourth-order valence-corrected chi connectivity index (χ4v) is 4.66. The Hall–Kier alpha value is -2.33. The van der Waals surface area contributed by atoms with Crippen molar-refractivity contribution in [3.05, 3.63) is 18.2 Å². The molecule has 0 bridgehead atoms. The van der Waals surface area contributed by atoms with Crippen molar-refractivity contribution in [2.24, 2.45) is 0 Å². The molecular weight excluding hydrogens is 424 g/mol. The standard InChI is InChI=1S/C21H30N2O7S/c1-16(21(25)23-11-4-2-3-5-12-23)30-20(24)7-6-10-22-31(26,27)17-8-9-18-19(15-17)29-14-13-28-18/h8-9,15-16,22H,2-7,10-14H2,1H3. The molecule has 0 aromatic heterocycles. The monoisotopic (exact) mass is 454 g/mol. The number of esters is 1. The van der Waals surface area contributed by atoms with Crippen molar-refractivity contribution in [1.29, 1.82) is 0 Å². The van der Waals surface area contributed by atoms with Gasteiger partial charge in [-0.05, 0) is 38.3 Å². The summed E-state index contributed by atoms with van der Waals surface area (Å²) in [4.78, 5) is 26.3. The summed E-state index contributed by atoms with van der Waals surface area (Å²) >= 11 is 0. The molecule has 1 amide bonds. The van der Waals surface area contributed by atoms with Crippen LogP contribution in [0.2, 0.25) is 0 Å². The number of sulfonamides is 1. The van der Waals surface area contributed by atoms with Gasteiger partial charge in [0.2, 0.25) is 10.0 Å². The fourth-order valence-electron chi connectivity index (χ4n) is 3.57. The van der Waals surface area contributed by atoms with Gasteiger partial charge in [-0.15, -0.1) is 0 Å². The molecule has 1 atom stereocenters. The molecule has 10 heteroatoms. The van der Waals surface area contributed by atoms with Gasteiger partial charge in [0.05, 0.1) is 4.90 Å². The molecule has 31 heavy (non-hydrogen) atoms.